The SMILES string of the molecule is CC(O)(OS(=O)(=O)c1ccccc1)C(=O)O.[KH]. The third kappa shape index (κ3) is 4.76. The van der Waals surface area contributed by atoms with E-state index in [0.717, 1.165) is 6.92 Å². The molecule has 0 aromatic heterocycles. The van der Waals surface area contributed by atoms with Crippen LogP contribution in [0.4, 0.5) is 0 Å². The van der Waals surface area contributed by atoms with Gasteiger partial charge in [-0.3, -0.25) is 0 Å². The minimum absolute atomic E-state index is 0. The summed E-state index contributed by atoms with van der Waals surface area (Å²) in [6, 6.07) is 6.95. The van der Waals surface area contributed by atoms with Crippen LogP contribution in [0.1, 0.15) is 6.92 Å². The summed E-state index contributed by atoms with van der Waals surface area (Å²) >= 11 is 0. The molecule has 1 atom stereocenters. The van der Waals surface area contributed by atoms with Crippen molar-refractivity contribution in [2.75, 3.05) is 0 Å². The first-order chi connectivity index (χ1) is 7.26. The van der Waals surface area contributed by atoms with Gasteiger partial charge in [-0.1, -0.05) is 18.2 Å². The summed E-state index contributed by atoms with van der Waals surface area (Å²) in [7, 11) is -4.29. The summed E-state index contributed by atoms with van der Waals surface area (Å²) in [6.45, 7) is 0.732. The average molecular weight is 286 g/mol. The van der Waals surface area contributed by atoms with Crippen molar-refractivity contribution in [1.29, 1.82) is 0 Å². The summed E-state index contributed by atoms with van der Waals surface area (Å²) < 4.78 is 27.2. The molecule has 1 aromatic carbocycles. The van der Waals surface area contributed by atoms with E-state index >= 15 is 0 Å². The molecule has 6 nitrogen and oxygen atoms in total. The molecule has 0 aliphatic heterocycles. The van der Waals surface area contributed by atoms with Crippen molar-refractivity contribution in [1.82, 2.24) is 0 Å². The maximum absolute atomic E-state index is 11.5. The number of carboxylic acid groups (broad SMARTS) is 1. The van der Waals surface area contributed by atoms with Gasteiger partial charge in [0.05, 0.1) is 4.90 Å². The molecule has 17 heavy (non-hydrogen) atoms. The molecule has 0 saturated carbocycles. The summed E-state index contributed by atoms with van der Waals surface area (Å²) in [4.78, 5) is 10.3. The van der Waals surface area contributed by atoms with Crippen molar-refractivity contribution < 1.29 is 27.6 Å². The van der Waals surface area contributed by atoms with Crippen LogP contribution in [0, 0.1) is 0 Å². The van der Waals surface area contributed by atoms with Crippen molar-refractivity contribution in [3.05, 3.63) is 30.3 Å². The first kappa shape index (κ1) is 17.2. The molecule has 0 aliphatic rings. The van der Waals surface area contributed by atoms with Crippen LogP contribution in [-0.4, -0.2) is 81.8 Å². The molecule has 90 valence electrons. The van der Waals surface area contributed by atoms with Crippen LogP contribution in [0.25, 0.3) is 0 Å². The molecule has 0 amide bonds. The van der Waals surface area contributed by atoms with E-state index in [1.54, 1.807) is 6.07 Å². The van der Waals surface area contributed by atoms with E-state index in [-0.39, 0.29) is 56.3 Å². The van der Waals surface area contributed by atoms with Gasteiger partial charge in [0.2, 0.25) is 0 Å². The van der Waals surface area contributed by atoms with E-state index in [9.17, 15) is 18.3 Å². The first-order valence-corrected chi connectivity index (χ1v) is 5.63. The molecule has 0 fully saturated rings. The average Bonchev–Trinajstić information content (AvgIpc) is 2.17. The Hall–Kier alpha value is 0.196. The molecule has 2 N–H and O–H groups in total. The molecule has 1 rings (SSSR count). The van der Waals surface area contributed by atoms with Gasteiger partial charge in [0.25, 0.3) is 15.9 Å². The molecule has 0 radical (unpaired) electrons. The van der Waals surface area contributed by atoms with Crippen LogP contribution in [-0.2, 0) is 19.1 Å². The molecular weight excluding hydrogens is 275 g/mol. The summed E-state index contributed by atoms with van der Waals surface area (Å²) in [6.07, 6.45) is 0. The number of aliphatic hydroxyl groups is 1. The Bertz CT molecular complexity index is 481. The third-order valence-corrected chi connectivity index (χ3v) is 3.09. The van der Waals surface area contributed by atoms with Crippen LogP contribution in [0.15, 0.2) is 35.2 Å². The predicted molar refractivity (Wildman–Crippen MR) is 60.1 cm³/mol. The van der Waals surface area contributed by atoms with Gasteiger partial charge in [-0.15, -0.1) is 0 Å². The topological polar surface area (TPSA) is 101 Å². The van der Waals surface area contributed by atoms with Crippen LogP contribution in [0.5, 0.6) is 0 Å². The second-order valence-corrected chi connectivity index (χ2v) is 4.68. The number of aliphatic carboxylic acids is 1. The molecule has 0 aliphatic carbocycles. The fraction of sp³-hybridized carbons (Fsp3) is 0.222. The first-order valence-electron chi connectivity index (χ1n) is 4.22. The van der Waals surface area contributed by atoms with E-state index in [1.807, 2.05) is 0 Å². The number of carbonyl (C=O) groups is 1. The summed E-state index contributed by atoms with van der Waals surface area (Å²) in [5, 5.41) is 17.7. The summed E-state index contributed by atoms with van der Waals surface area (Å²) in [5.74, 6) is -4.57. The second-order valence-electron chi connectivity index (χ2n) is 3.14. The Labute approximate surface area is 141 Å². The van der Waals surface area contributed by atoms with Crippen molar-refractivity contribution in [3.8, 4) is 0 Å². The standard InChI is InChI=1S/C9H10O6S.K.H/c1-9(12,8(10)11)15-16(13,14)7-5-3-2-4-6-7;;/h2-6,12H,1H3,(H,10,11);;. The zero-order valence-corrected chi connectivity index (χ0v) is 9.14. The van der Waals surface area contributed by atoms with Crippen molar-refractivity contribution in [2.45, 2.75) is 17.6 Å². The Kier molecular flexibility index (Phi) is 6.46. The molecule has 8 heteroatoms. The van der Waals surface area contributed by atoms with E-state index in [2.05, 4.69) is 4.18 Å². The van der Waals surface area contributed by atoms with Gasteiger partial charge in [-0.05, 0) is 12.1 Å². The fourth-order valence-corrected chi connectivity index (χ4v) is 1.97. The van der Waals surface area contributed by atoms with Gasteiger partial charge >= 0.3 is 57.4 Å². The Morgan fingerprint density at radius 1 is 1.29 bits per heavy atom. The van der Waals surface area contributed by atoms with Crippen molar-refractivity contribution >= 4 is 67.5 Å². The number of benzene rings is 1. The summed E-state index contributed by atoms with van der Waals surface area (Å²) in [5.41, 5.74) is 0. The van der Waals surface area contributed by atoms with Crippen molar-refractivity contribution in [3.63, 3.8) is 0 Å². The van der Waals surface area contributed by atoms with Crippen LogP contribution < -0.4 is 0 Å². The minimum atomic E-state index is -4.29. The molecule has 0 heterocycles. The molecule has 1 unspecified atom stereocenters. The van der Waals surface area contributed by atoms with Gasteiger partial charge < -0.3 is 10.2 Å². The fourth-order valence-electron chi connectivity index (χ4n) is 0.885. The van der Waals surface area contributed by atoms with Crippen molar-refractivity contribution in [2.24, 2.45) is 0 Å². The van der Waals surface area contributed by atoms with E-state index in [0.29, 0.717) is 0 Å². The molecular formula is C9H11KO6S. The second kappa shape index (κ2) is 6.39. The van der Waals surface area contributed by atoms with Gasteiger partial charge in [-0.25, -0.2) is 8.98 Å². The number of carboxylic acids is 1. The monoisotopic (exact) mass is 286 g/mol. The molecule has 1 aromatic rings. The molecule has 0 spiro atoms. The number of rotatable bonds is 4. The van der Waals surface area contributed by atoms with Crippen LogP contribution >= 0.6 is 0 Å². The van der Waals surface area contributed by atoms with Crippen LogP contribution in [0.3, 0.4) is 0 Å². The van der Waals surface area contributed by atoms with E-state index in [4.69, 9.17) is 5.11 Å². The zero-order chi connectivity index (χ0) is 12.4. The Morgan fingerprint density at radius 2 is 1.76 bits per heavy atom. The van der Waals surface area contributed by atoms with E-state index < -0.39 is 21.9 Å². The Morgan fingerprint density at radius 3 is 2.18 bits per heavy atom. The normalized spacial score (nSPS) is 14.5. The quantitative estimate of drug-likeness (QED) is 0.441. The number of hydrogen-bond donors (Lipinski definition) is 2. The van der Waals surface area contributed by atoms with Gasteiger partial charge in [0, 0.05) is 6.92 Å². The van der Waals surface area contributed by atoms with Gasteiger partial charge in [0.15, 0.2) is 0 Å². The molecule has 0 saturated heterocycles. The third-order valence-electron chi connectivity index (χ3n) is 1.70. The van der Waals surface area contributed by atoms with Crippen LogP contribution in [0.2, 0.25) is 0 Å². The Balaban J connectivity index is 0.00000256. The van der Waals surface area contributed by atoms with E-state index in [1.165, 1.54) is 24.3 Å². The van der Waals surface area contributed by atoms with Gasteiger partial charge in [-0.2, -0.15) is 8.42 Å². The molecule has 0 bridgehead atoms. The number of hydrogen-bond acceptors (Lipinski definition) is 5. The predicted octanol–water partition coefficient (Wildman–Crippen LogP) is -0.463. The maximum atomic E-state index is 11.5. The van der Waals surface area contributed by atoms with Gasteiger partial charge in [0.1, 0.15) is 0 Å². The zero-order valence-electron chi connectivity index (χ0n) is 8.32.